The van der Waals surface area contributed by atoms with Gasteiger partial charge in [0.05, 0.1) is 0 Å². The van der Waals surface area contributed by atoms with Gasteiger partial charge in [-0.3, -0.25) is 0 Å². The quantitative estimate of drug-likeness (QED) is 0.663. The summed E-state index contributed by atoms with van der Waals surface area (Å²) in [5.74, 6) is 0. The fraction of sp³-hybridized carbons (Fsp3) is 0.647. The first-order valence-electron chi connectivity index (χ1n) is 7.86. The molecule has 1 aromatic rings. The average molecular weight is 277 g/mol. The third-order valence-electron chi connectivity index (χ3n) is 3.47. The number of nitrogens with one attached hydrogen (secondary N) is 1. The molecule has 0 bridgehead atoms. The van der Waals surface area contributed by atoms with Crippen molar-refractivity contribution >= 4 is 5.69 Å². The Morgan fingerprint density at radius 2 is 1.70 bits per heavy atom. The molecule has 0 radical (unpaired) electrons. The lowest BCUT2D eigenvalue weighted by Gasteiger charge is -2.24. The Balaban J connectivity index is 2.47. The Bertz CT molecular complexity index is 346. The van der Waals surface area contributed by atoms with E-state index in [2.05, 4.69) is 67.3 Å². The van der Waals surface area contributed by atoms with Gasteiger partial charge in [0.25, 0.3) is 0 Å². The normalized spacial score (nSPS) is 11.1. The number of hydrogen-bond acceptors (Lipinski definition) is 3. The molecule has 20 heavy (non-hydrogen) atoms. The van der Waals surface area contributed by atoms with Crippen molar-refractivity contribution in [2.75, 3.05) is 45.2 Å². The minimum absolute atomic E-state index is 0.973. The Morgan fingerprint density at radius 3 is 2.25 bits per heavy atom. The predicted molar refractivity (Wildman–Crippen MR) is 89.5 cm³/mol. The molecular weight excluding hydrogens is 246 g/mol. The van der Waals surface area contributed by atoms with Crippen LogP contribution in [0.1, 0.15) is 32.3 Å². The van der Waals surface area contributed by atoms with Crippen molar-refractivity contribution in [1.82, 2.24) is 10.2 Å². The van der Waals surface area contributed by atoms with Crippen molar-refractivity contribution in [2.45, 2.75) is 33.2 Å². The molecule has 0 aliphatic carbocycles. The highest BCUT2D eigenvalue weighted by atomic mass is 15.1. The number of benzene rings is 1. The summed E-state index contributed by atoms with van der Waals surface area (Å²) in [7, 11) is 4.27. The molecule has 0 aliphatic rings. The monoisotopic (exact) mass is 277 g/mol. The largest absolute Gasteiger partial charge is 0.372 e. The van der Waals surface area contributed by atoms with Crippen molar-refractivity contribution < 1.29 is 0 Å². The second kappa shape index (κ2) is 9.78. The molecule has 0 heterocycles. The zero-order valence-electron chi connectivity index (χ0n) is 13.7. The Labute approximate surface area is 125 Å². The van der Waals surface area contributed by atoms with Crippen molar-refractivity contribution in [3.63, 3.8) is 0 Å². The maximum absolute atomic E-state index is 3.44. The summed E-state index contributed by atoms with van der Waals surface area (Å²) in [6, 6.07) is 8.99. The molecular formula is C17H31N3. The van der Waals surface area contributed by atoms with Gasteiger partial charge in [-0.1, -0.05) is 19.1 Å². The average Bonchev–Trinajstić information content (AvgIpc) is 2.45. The van der Waals surface area contributed by atoms with Gasteiger partial charge in [-0.2, -0.15) is 0 Å². The van der Waals surface area contributed by atoms with Gasteiger partial charge < -0.3 is 15.1 Å². The van der Waals surface area contributed by atoms with Crippen LogP contribution in [0, 0.1) is 0 Å². The van der Waals surface area contributed by atoms with Gasteiger partial charge in [-0.05, 0) is 64.6 Å². The van der Waals surface area contributed by atoms with Crippen molar-refractivity contribution in [2.24, 2.45) is 0 Å². The minimum atomic E-state index is 0.973. The van der Waals surface area contributed by atoms with Crippen LogP contribution in [0.3, 0.4) is 0 Å². The lowest BCUT2D eigenvalue weighted by molar-refractivity contribution is 0.400. The van der Waals surface area contributed by atoms with Crippen molar-refractivity contribution in [3.8, 4) is 0 Å². The van der Waals surface area contributed by atoms with Crippen LogP contribution in [0.25, 0.3) is 0 Å². The molecule has 0 spiro atoms. The molecule has 0 amide bonds. The van der Waals surface area contributed by atoms with Crippen LogP contribution in [-0.2, 0) is 6.54 Å². The van der Waals surface area contributed by atoms with Crippen LogP contribution < -0.4 is 10.2 Å². The van der Waals surface area contributed by atoms with Gasteiger partial charge >= 0.3 is 0 Å². The first-order chi connectivity index (χ1) is 9.67. The van der Waals surface area contributed by atoms with E-state index in [0.717, 1.165) is 32.7 Å². The molecule has 0 fully saturated rings. The van der Waals surface area contributed by atoms with E-state index in [1.807, 2.05) is 0 Å². The Kier molecular flexibility index (Phi) is 8.31. The third kappa shape index (κ3) is 6.40. The molecule has 0 aromatic heterocycles. The molecule has 0 aliphatic heterocycles. The highest BCUT2D eigenvalue weighted by molar-refractivity contribution is 5.47. The summed E-state index contributed by atoms with van der Waals surface area (Å²) in [6.07, 6.45) is 2.40. The highest BCUT2D eigenvalue weighted by Crippen LogP contribution is 2.15. The first kappa shape index (κ1) is 17.0. The SMILES string of the molecule is CCCNCc1ccc(N(CC)CCCN(C)C)cc1. The summed E-state index contributed by atoms with van der Waals surface area (Å²) >= 11 is 0. The van der Waals surface area contributed by atoms with E-state index in [-0.39, 0.29) is 0 Å². The molecule has 0 atom stereocenters. The second-order valence-corrected chi connectivity index (χ2v) is 5.58. The molecule has 3 nitrogen and oxygen atoms in total. The lowest BCUT2D eigenvalue weighted by atomic mass is 10.2. The van der Waals surface area contributed by atoms with Crippen LogP contribution in [0.2, 0.25) is 0 Å². The molecule has 0 saturated carbocycles. The minimum Gasteiger partial charge on any atom is -0.372 e. The van der Waals surface area contributed by atoms with Crippen LogP contribution in [-0.4, -0.2) is 45.2 Å². The zero-order chi connectivity index (χ0) is 14.8. The van der Waals surface area contributed by atoms with Crippen LogP contribution in [0.5, 0.6) is 0 Å². The smallest absolute Gasteiger partial charge is 0.0366 e. The van der Waals surface area contributed by atoms with Gasteiger partial charge in [0, 0.05) is 25.3 Å². The van der Waals surface area contributed by atoms with Crippen LogP contribution in [0.4, 0.5) is 5.69 Å². The number of rotatable bonds is 10. The van der Waals surface area contributed by atoms with Crippen LogP contribution >= 0.6 is 0 Å². The van der Waals surface area contributed by atoms with Gasteiger partial charge in [0.1, 0.15) is 0 Å². The maximum Gasteiger partial charge on any atom is 0.0366 e. The molecule has 3 heteroatoms. The summed E-state index contributed by atoms with van der Waals surface area (Å²) in [4.78, 5) is 4.70. The Morgan fingerprint density at radius 1 is 1.00 bits per heavy atom. The van der Waals surface area contributed by atoms with Gasteiger partial charge in [0.2, 0.25) is 0 Å². The zero-order valence-corrected chi connectivity index (χ0v) is 13.7. The second-order valence-electron chi connectivity index (χ2n) is 5.58. The van der Waals surface area contributed by atoms with Gasteiger partial charge in [-0.15, -0.1) is 0 Å². The van der Waals surface area contributed by atoms with E-state index >= 15 is 0 Å². The summed E-state index contributed by atoms with van der Waals surface area (Å²) < 4.78 is 0. The number of hydrogen-bond donors (Lipinski definition) is 1. The van der Waals surface area contributed by atoms with E-state index in [9.17, 15) is 0 Å². The molecule has 1 rings (SSSR count). The first-order valence-corrected chi connectivity index (χ1v) is 7.86. The van der Waals surface area contributed by atoms with E-state index in [4.69, 9.17) is 0 Å². The summed E-state index contributed by atoms with van der Waals surface area (Å²) in [5.41, 5.74) is 2.71. The topological polar surface area (TPSA) is 18.5 Å². The third-order valence-corrected chi connectivity index (χ3v) is 3.47. The highest BCUT2D eigenvalue weighted by Gasteiger charge is 2.04. The van der Waals surface area contributed by atoms with Crippen LogP contribution in [0.15, 0.2) is 24.3 Å². The summed E-state index contributed by atoms with van der Waals surface area (Å²) in [5, 5.41) is 3.44. The maximum atomic E-state index is 3.44. The number of nitrogens with zero attached hydrogens (tertiary/aromatic N) is 2. The van der Waals surface area contributed by atoms with E-state index in [1.165, 1.54) is 24.1 Å². The molecule has 1 aromatic carbocycles. The van der Waals surface area contributed by atoms with E-state index in [1.54, 1.807) is 0 Å². The van der Waals surface area contributed by atoms with E-state index < -0.39 is 0 Å². The Hall–Kier alpha value is -1.06. The predicted octanol–water partition coefficient (Wildman–Crippen LogP) is 2.96. The van der Waals surface area contributed by atoms with Crippen molar-refractivity contribution in [1.29, 1.82) is 0 Å². The van der Waals surface area contributed by atoms with Crippen molar-refractivity contribution in [3.05, 3.63) is 29.8 Å². The molecule has 0 saturated heterocycles. The van der Waals surface area contributed by atoms with Gasteiger partial charge in [0.15, 0.2) is 0 Å². The summed E-state index contributed by atoms with van der Waals surface area (Å²) in [6.45, 7) is 9.84. The molecule has 114 valence electrons. The lowest BCUT2D eigenvalue weighted by Crippen LogP contribution is -2.27. The fourth-order valence-electron chi connectivity index (χ4n) is 2.28. The van der Waals surface area contributed by atoms with Gasteiger partial charge in [-0.25, -0.2) is 0 Å². The standard InChI is InChI=1S/C17H31N3/c1-5-12-18-15-16-8-10-17(11-9-16)20(6-2)14-7-13-19(3)4/h8-11,18H,5-7,12-15H2,1-4H3. The van der Waals surface area contributed by atoms with E-state index in [0.29, 0.717) is 0 Å². The number of anilines is 1. The molecule has 1 N–H and O–H groups in total. The fourth-order valence-corrected chi connectivity index (χ4v) is 2.28. The molecule has 0 unspecified atom stereocenters.